The van der Waals surface area contributed by atoms with Crippen LogP contribution in [0.25, 0.3) is 0 Å². The third-order valence-corrected chi connectivity index (χ3v) is 8.05. The lowest BCUT2D eigenvalue weighted by Gasteiger charge is -2.38. The van der Waals surface area contributed by atoms with Crippen molar-refractivity contribution < 1.29 is 4.43 Å². The number of hydrogen-bond donors (Lipinski definition) is 0. The normalized spacial score (nSPS) is 14.9. The van der Waals surface area contributed by atoms with Crippen molar-refractivity contribution in [3.05, 3.63) is 35.9 Å². The molecule has 0 saturated heterocycles. The van der Waals surface area contributed by atoms with Gasteiger partial charge < -0.3 is 4.43 Å². The van der Waals surface area contributed by atoms with Crippen LogP contribution in [0.5, 0.6) is 0 Å². The average Bonchev–Trinajstić information content (AvgIpc) is 2.16. The molecule has 16 heavy (non-hydrogen) atoms. The van der Waals surface area contributed by atoms with E-state index in [0.717, 1.165) is 0 Å². The minimum Gasteiger partial charge on any atom is -0.410 e. The second-order valence-electron chi connectivity index (χ2n) is 5.85. The molecular formula is C14H23OSi. The van der Waals surface area contributed by atoms with Crippen LogP contribution in [0.15, 0.2) is 24.3 Å². The van der Waals surface area contributed by atoms with Gasteiger partial charge in [0.1, 0.15) is 0 Å². The van der Waals surface area contributed by atoms with Gasteiger partial charge >= 0.3 is 0 Å². The summed E-state index contributed by atoms with van der Waals surface area (Å²) < 4.78 is 6.31. The van der Waals surface area contributed by atoms with Crippen molar-refractivity contribution in [1.29, 1.82) is 0 Å². The summed E-state index contributed by atoms with van der Waals surface area (Å²) in [4.78, 5) is 0. The van der Waals surface area contributed by atoms with E-state index in [-0.39, 0.29) is 11.1 Å². The van der Waals surface area contributed by atoms with E-state index >= 15 is 0 Å². The quantitative estimate of drug-likeness (QED) is 0.697. The number of rotatable bonds is 3. The van der Waals surface area contributed by atoms with Crippen LogP contribution in [0, 0.1) is 6.07 Å². The molecule has 0 heterocycles. The van der Waals surface area contributed by atoms with E-state index in [1.54, 1.807) is 0 Å². The highest BCUT2D eigenvalue weighted by Gasteiger charge is 2.38. The average molecular weight is 235 g/mol. The topological polar surface area (TPSA) is 9.23 Å². The second kappa shape index (κ2) is 4.72. The molecule has 0 fully saturated rings. The molecule has 1 aromatic rings. The molecule has 0 N–H and O–H groups in total. The highest BCUT2D eigenvalue weighted by atomic mass is 28.4. The first kappa shape index (κ1) is 13.5. The van der Waals surface area contributed by atoms with Gasteiger partial charge in [-0.05, 0) is 36.7 Å². The summed E-state index contributed by atoms with van der Waals surface area (Å²) >= 11 is 0. The van der Waals surface area contributed by atoms with Crippen LogP contribution < -0.4 is 0 Å². The Balaban J connectivity index is 2.76. The molecule has 89 valence electrons. The Kier molecular flexibility index (Phi) is 3.97. The van der Waals surface area contributed by atoms with Crippen molar-refractivity contribution in [2.45, 2.75) is 51.9 Å². The van der Waals surface area contributed by atoms with Gasteiger partial charge in [-0.3, -0.25) is 0 Å². The fourth-order valence-corrected chi connectivity index (χ4v) is 2.73. The van der Waals surface area contributed by atoms with Crippen molar-refractivity contribution in [2.24, 2.45) is 0 Å². The molecule has 0 aliphatic carbocycles. The zero-order valence-electron chi connectivity index (χ0n) is 11.3. The third kappa shape index (κ3) is 3.19. The van der Waals surface area contributed by atoms with E-state index in [2.05, 4.69) is 59.0 Å². The monoisotopic (exact) mass is 235 g/mol. The molecule has 1 nitrogen and oxygen atoms in total. The van der Waals surface area contributed by atoms with Gasteiger partial charge in [-0.15, -0.1) is 0 Å². The lowest BCUT2D eigenvalue weighted by molar-refractivity contribution is 0.203. The van der Waals surface area contributed by atoms with Crippen molar-refractivity contribution >= 4 is 8.32 Å². The summed E-state index contributed by atoms with van der Waals surface area (Å²) in [5, 5.41) is 0.266. The summed E-state index contributed by atoms with van der Waals surface area (Å²) in [5.41, 5.74) is 1.24. The standard InChI is InChI=1S/C14H23OSi/c1-12(13-10-8-7-9-11-13)15-16(5,6)14(2,3)4/h8-12H,1-6H3. The zero-order chi connectivity index (χ0) is 12.4. The highest BCUT2D eigenvalue weighted by Crippen LogP contribution is 2.39. The molecule has 0 aliphatic rings. The Labute approximate surface area is 101 Å². The Morgan fingerprint density at radius 3 is 2.12 bits per heavy atom. The molecule has 1 rings (SSSR count). The van der Waals surface area contributed by atoms with Crippen LogP contribution in [-0.2, 0) is 4.43 Å². The minimum atomic E-state index is -1.66. The van der Waals surface area contributed by atoms with E-state index in [9.17, 15) is 0 Å². The smallest absolute Gasteiger partial charge is 0.192 e. The molecular weight excluding hydrogens is 212 g/mol. The molecule has 1 aromatic carbocycles. The molecule has 1 atom stereocenters. The van der Waals surface area contributed by atoms with E-state index < -0.39 is 8.32 Å². The Morgan fingerprint density at radius 2 is 1.69 bits per heavy atom. The molecule has 1 unspecified atom stereocenters. The second-order valence-corrected chi connectivity index (χ2v) is 10.6. The number of benzene rings is 1. The Morgan fingerprint density at radius 1 is 1.19 bits per heavy atom. The van der Waals surface area contributed by atoms with Crippen molar-refractivity contribution in [2.75, 3.05) is 0 Å². The van der Waals surface area contributed by atoms with Crippen LogP contribution >= 0.6 is 0 Å². The maximum absolute atomic E-state index is 6.31. The van der Waals surface area contributed by atoms with Crippen LogP contribution in [-0.4, -0.2) is 8.32 Å². The summed E-state index contributed by atoms with van der Waals surface area (Å²) in [5.74, 6) is 0. The zero-order valence-corrected chi connectivity index (χ0v) is 12.3. The van der Waals surface area contributed by atoms with Crippen LogP contribution in [0.4, 0.5) is 0 Å². The summed E-state index contributed by atoms with van der Waals surface area (Å²) in [6.45, 7) is 13.5. The molecule has 0 spiro atoms. The SMILES string of the molecule is CC(O[Si](C)(C)C(C)(C)C)c1cc[c]cc1. The first-order valence-electron chi connectivity index (χ1n) is 5.88. The highest BCUT2D eigenvalue weighted by molar-refractivity contribution is 6.74. The Hall–Kier alpha value is -0.603. The molecule has 0 aromatic heterocycles. The van der Waals surface area contributed by atoms with Crippen LogP contribution in [0.1, 0.15) is 39.4 Å². The summed E-state index contributed by atoms with van der Waals surface area (Å²) in [6.07, 6.45) is 0.176. The van der Waals surface area contributed by atoms with Gasteiger partial charge in [0.05, 0.1) is 6.10 Å². The van der Waals surface area contributed by atoms with Crippen molar-refractivity contribution in [3.8, 4) is 0 Å². The minimum absolute atomic E-state index is 0.176. The molecule has 0 bridgehead atoms. The van der Waals surface area contributed by atoms with Crippen LogP contribution in [0.3, 0.4) is 0 Å². The molecule has 0 aliphatic heterocycles. The van der Waals surface area contributed by atoms with Gasteiger partial charge in [0, 0.05) is 0 Å². The fraction of sp³-hybridized carbons (Fsp3) is 0.571. The Bertz CT molecular complexity index is 324. The largest absolute Gasteiger partial charge is 0.410 e. The predicted molar refractivity (Wildman–Crippen MR) is 72.0 cm³/mol. The molecule has 0 amide bonds. The first-order valence-corrected chi connectivity index (χ1v) is 8.79. The molecule has 0 saturated carbocycles. The number of hydrogen-bond acceptors (Lipinski definition) is 1. The summed E-state index contributed by atoms with van der Waals surface area (Å²) in [6, 6.07) is 11.1. The van der Waals surface area contributed by atoms with Gasteiger partial charge in [-0.1, -0.05) is 45.0 Å². The van der Waals surface area contributed by atoms with E-state index in [1.807, 2.05) is 12.1 Å². The van der Waals surface area contributed by atoms with Gasteiger partial charge in [-0.25, -0.2) is 0 Å². The van der Waals surface area contributed by atoms with Gasteiger partial charge in [-0.2, -0.15) is 0 Å². The molecule has 1 radical (unpaired) electrons. The predicted octanol–water partition coefficient (Wildman–Crippen LogP) is 4.57. The maximum Gasteiger partial charge on any atom is 0.192 e. The van der Waals surface area contributed by atoms with Crippen molar-refractivity contribution in [1.82, 2.24) is 0 Å². The third-order valence-electron chi connectivity index (χ3n) is 3.49. The van der Waals surface area contributed by atoms with E-state index in [0.29, 0.717) is 0 Å². The maximum atomic E-state index is 6.31. The van der Waals surface area contributed by atoms with Gasteiger partial charge in [0.25, 0.3) is 0 Å². The van der Waals surface area contributed by atoms with Crippen molar-refractivity contribution in [3.63, 3.8) is 0 Å². The lowest BCUT2D eigenvalue weighted by Crippen LogP contribution is -2.41. The molecule has 2 heteroatoms. The van der Waals surface area contributed by atoms with E-state index in [1.165, 1.54) is 5.56 Å². The lowest BCUT2D eigenvalue weighted by atomic mass is 10.1. The van der Waals surface area contributed by atoms with Gasteiger partial charge in [0.15, 0.2) is 8.32 Å². The first-order chi connectivity index (χ1) is 7.24. The van der Waals surface area contributed by atoms with Crippen LogP contribution in [0.2, 0.25) is 18.1 Å². The van der Waals surface area contributed by atoms with E-state index in [4.69, 9.17) is 4.43 Å². The van der Waals surface area contributed by atoms with Gasteiger partial charge in [0.2, 0.25) is 0 Å². The fourth-order valence-electron chi connectivity index (χ4n) is 1.36. The summed E-state index contributed by atoms with van der Waals surface area (Å²) in [7, 11) is -1.66.